The number of rotatable bonds is 2. The Morgan fingerprint density at radius 3 is 2.95 bits per heavy atom. The Morgan fingerprint density at radius 1 is 1.32 bits per heavy atom. The lowest BCUT2D eigenvalue weighted by molar-refractivity contribution is 0.618. The molecule has 0 aliphatic carbocycles. The van der Waals surface area contributed by atoms with Crippen molar-refractivity contribution in [2.24, 2.45) is 0 Å². The smallest absolute Gasteiger partial charge is 0.126 e. The van der Waals surface area contributed by atoms with Gasteiger partial charge in [-0.2, -0.15) is 0 Å². The maximum atomic E-state index is 13.3. The number of anilines is 1. The van der Waals surface area contributed by atoms with Crippen LogP contribution >= 0.6 is 23.1 Å². The first-order valence-electron chi connectivity index (χ1n) is 6.40. The van der Waals surface area contributed by atoms with Gasteiger partial charge in [0.15, 0.2) is 0 Å². The van der Waals surface area contributed by atoms with E-state index in [2.05, 4.69) is 23.7 Å². The molecule has 1 N–H and O–H groups in total. The van der Waals surface area contributed by atoms with Gasteiger partial charge in [0.05, 0.1) is 10.3 Å². The molecule has 0 saturated carbocycles. The van der Waals surface area contributed by atoms with Gasteiger partial charge in [0.1, 0.15) is 5.82 Å². The molecule has 3 rings (SSSR count). The van der Waals surface area contributed by atoms with E-state index in [1.54, 1.807) is 6.92 Å². The number of halogens is 1. The zero-order valence-electron chi connectivity index (χ0n) is 10.9. The molecule has 0 radical (unpaired) electrons. The van der Waals surface area contributed by atoms with Crippen LogP contribution in [0.1, 0.15) is 30.5 Å². The van der Waals surface area contributed by atoms with Crippen molar-refractivity contribution in [2.45, 2.75) is 35.8 Å². The van der Waals surface area contributed by atoms with Crippen molar-refractivity contribution in [3.63, 3.8) is 0 Å². The highest BCUT2D eigenvalue weighted by molar-refractivity contribution is 8.01. The summed E-state index contributed by atoms with van der Waals surface area (Å²) in [5, 5.41) is 6.32. The molecule has 2 atom stereocenters. The zero-order valence-corrected chi connectivity index (χ0v) is 12.6. The summed E-state index contributed by atoms with van der Waals surface area (Å²) in [6, 6.07) is 7.77. The summed E-state index contributed by atoms with van der Waals surface area (Å²) in [4.78, 5) is 0. The SMILES string of the molecule is Cc1cc(NC2C[C@H](C)Sc3sccc32)ccc1F. The molecule has 4 heteroatoms. The van der Waals surface area contributed by atoms with Gasteiger partial charge in [-0.1, -0.05) is 6.92 Å². The minimum Gasteiger partial charge on any atom is -0.378 e. The zero-order chi connectivity index (χ0) is 13.4. The number of nitrogens with one attached hydrogen (secondary N) is 1. The molecule has 2 aromatic rings. The van der Waals surface area contributed by atoms with Gasteiger partial charge in [-0.15, -0.1) is 23.1 Å². The second-order valence-electron chi connectivity index (χ2n) is 4.99. The summed E-state index contributed by atoms with van der Waals surface area (Å²) in [6.45, 7) is 4.06. The average Bonchev–Trinajstić information content (AvgIpc) is 2.82. The van der Waals surface area contributed by atoms with Crippen LogP contribution in [0.15, 0.2) is 33.9 Å². The van der Waals surface area contributed by atoms with Gasteiger partial charge in [0.2, 0.25) is 0 Å². The van der Waals surface area contributed by atoms with Gasteiger partial charge in [0.25, 0.3) is 0 Å². The quantitative estimate of drug-likeness (QED) is 0.813. The number of aryl methyl sites for hydroxylation is 1. The van der Waals surface area contributed by atoms with Crippen LogP contribution in [0.3, 0.4) is 0 Å². The normalized spacial score (nSPS) is 22.1. The van der Waals surface area contributed by atoms with E-state index in [1.165, 1.54) is 15.8 Å². The van der Waals surface area contributed by atoms with Crippen LogP contribution < -0.4 is 5.32 Å². The molecule has 0 bridgehead atoms. The molecule has 1 aromatic carbocycles. The molecule has 0 saturated heterocycles. The molecule has 1 aromatic heterocycles. The lowest BCUT2D eigenvalue weighted by atomic mass is 10.0. The van der Waals surface area contributed by atoms with Crippen LogP contribution in [0, 0.1) is 12.7 Å². The van der Waals surface area contributed by atoms with E-state index < -0.39 is 0 Å². The largest absolute Gasteiger partial charge is 0.378 e. The van der Waals surface area contributed by atoms with E-state index >= 15 is 0 Å². The van der Waals surface area contributed by atoms with Gasteiger partial charge >= 0.3 is 0 Å². The van der Waals surface area contributed by atoms with E-state index in [9.17, 15) is 4.39 Å². The van der Waals surface area contributed by atoms with Gasteiger partial charge in [0, 0.05) is 10.9 Å². The third-order valence-electron chi connectivity index (χ3n) is 3.41. The molecule has 0 amide bonds. The topological polar surface area (TPSA) is 12.0 Å². The van der Waals surface area contributed by atoms with E-state index in [1.807, 2.05) is 35.2 Å². The fourth-order valence-corrected chi connectivity index (χ4v) is 4.99. The van der Waals surface area contributed by atoms with Crippen LogP contribution in [0.5, 0.6) is 0 Å². The maximum absolute atomic E-state index is 13.3. The fourth-order valence-electron chi connectivity index (χ4n) is 2.42. The number of hydrogen-bond acceptors (Lipinski definition) is 3. The summed E-state index contributed by atoms with van der Waals surface area (Å²) in [6.07, 6.45) is 1.10. The van der Waals surface area contributed by atoms with E-state index in [-0.39, 0.29) is 5.82 Å². The Hall–Kier alpha value is -1.00. The van der Waals surface area contributed by atoms with Crippen molar-refractivity contribution in [2.75, 3.05) is 5.32 Å². The van der Waals surface area contributed by atoms with Gasteiger partial charge < -0.3 is 5.32 Å². The number of thioether (sulfide) groups is 1. The minimum atomic E-state index is -0.144. The Labute approximate surface area is 121 Å². The molecule has 1 aliphatic heterocycles. The predicted molar refractivity (Wildman–Crippen MR) is 81.8 cm³/mol. The molecular formula is C15H16FNS2. The summed E-state index contributed by atoms with van der Waals surface area (Å²) >= 11 is 3.77. The van der Waals surface area contributed by atoms with Crippen molar-refractivity contribution in [3.05, 3.63) is 46.6 Å². The second kappa shape index (κ2) is 5.17. The third-order valence-corrected chi connectivity index (χ3v) is 5.75. The number of fused-ring (bicyclic) bond motifs is 1. The first-order valence-corrected chi connectivity index (χ1v) is 8.16. The Bertz CT molecular complexity index is 594. The summed E-state index contributed by atoms with van der Waals surface area (Å²) in [5.41, 5.74) is 3.07. The van der Waals surface area contributed by atoms with Crippen LogP contribution in [0.4, 0.5) is 10.1 Å². The Morgan fingerprint density at radius 2 is 2.16 bits per heavy atom. The molecule has 0 spiro atoms. The summed E-state index contributed by atoms with van der Waals surface area (Å²) < 4.78 is 14.7. The van der Waals surface area contributed by atoms with E-state index in [0.29, 0.717) is 16.9 Å². The third kappa shape index (κ3) is 2.65. The number of thiophene rings is 1. The van der Waals surface area contributed by atoms with Gasteiger partial charge in [-0.25, -0.2) is 4.39 Å². The minimum absolute atomic E-state index is 0.144. The van der Waals surface area contributed by atoms with Crippen molar-refractivity contribution in [1.82, 2.24) is 0 Å². The highest BCUT2D eigenvalue weighted by atomic mass is 32.2. The van der Waals surface area contributed by atoms with Gasteiger partial charge in [-0.3, -0.25) is 0 Å². The van der Waals surface area contributed by atoms with Crippen molar-refractivity contribution >= 4 is 28.8 Å². The molecule has 0 fully saturated rings. The monoisotopic (exact) mass is 293 g/mol. The van der Waals surface area contributed by atoms with Crippen LogP contribution in [0.2, 0.25) is 0 Å². The van der Waals surface area contributed by atoms with Crippen molar-refractivity contribution in [1.29, 1.82) is 0 Å². The first kappa shape index (κ1) is 13.0. The molecule has 100 valence electrons. The summed E-state index contributed by atoms with van der Waals surface area (Å²) in [5.74, 6) is -0.144. The molecule has 1 unspecified atom stereocenters. The molecule has 1 aliphatic rings. The lowest BCUT2D eigenvalue weighted by Crippen LogP contribution is -2.19. The number of hydrogen-bond donors (Lipinski definition) is 1. The maximum Gasteiger partial charge on any atom is 0.126 e. The lowest BCUT2D eigenvalue weighted by Gasteiger charge is -2.28. The van der Waals surface area contributed by atoms with Crippen LogP contribution in [-0.4, -0.2) is 5.25 Å². The van der Waals surface area contributed by atoms with Crippen LogP contribution in [-0.2, 0) is 0 Å². The Kier molecular flexibility index (Phi) is 3.54. The highest BCUT2D eigenvalue weighted by Gasteiger charge is 2.26. The van der Waals surface area contributed by atoms with Gasteiger partial charge in [-0.05, 0) is 54.1 Å². The molecular weight excluding hydrogens is 277 g/mol. The highest BCUT2D eigenvalue weighted by Crippen LogP contribution is 2.44. The van der Waals surface area contributed by atoms with E-state index in [4.69, 9.17) is 0 Å². The first-order chi connectivity index (χ1) is 9.13. The van der Waals surface area contributed by atoms with Crippen LogP contribution in [0.25, 0.3) is 0 Å². The molecule has 19 heavy (non-hydrogen) atoms. The fraction of sp³-hybridized carbons (Fsp3) is 0.333. The Balaban J connectivity index is 1.86. The van der Waals surface area contributed by atoms with Crippen molar-refractivity contribution in [3.8, 4) is 0 Å². The predicted octanol–water partition coefficient (Wildman–Crippen LogP) is 5.23. The number of benzene rings is 1. The molecule has 2 heterocycles. The average molecular weight is 293 g/mol. The summed E-state index contributed by atoms with van der Waals surface area (Å²) in [7, 11) is 0. The van der Waals surface area contributed by atoms with E-state index in [0.717, 1.165) is 12.1 Å². The standard InChI is InChI=1S/C15H16FNS2/c1-9-7-11(3-4-13(9)16)17-14-8-10(2)19-15-12(14)5-6-18-15/h3-7,10,14,17H,8H2,1-2H3/t10-,14?/m0/s1. The molecule has 1 nitrogen and oxygen atoms in total. The van der Waals surface area contributed by atoms with Crippen molar-refractivity contribution < 1.29 is 4.39 Å². The second-order valence-corrected chi connectivity index (χ2v) is 7.61.